The molecule has 0 atom stereocenters. The van der Waals surface area contributed by atoms with Crippen LogP contribution in [0.25, 0.3) is 0 Å². The zero-order valence-electron chi connectivity index (χ0n) is 11.7. The summed E-state index contributed by atoms with van der Waals surface area (Å²) < 4.78 is 0. The van der Waals surface area contributed by atoms with Gasteiger partial charge in [-0.05, 0) is 24.7 Å². The van der Waals surface area contributed by atoms with Crippen LogP contribution in [0.15, 0.2) is 0 Å². The molecule has 0 aliphatic carbocycles. The van der Waals surface area contributed by atoms with Crippen LogP contribution in [-0.4, -0.2) is 5.78 Å². The number of carbonyl (C=O) groups is 1. The highest BCUT2D eigenvalue weighted by Crippen LogP contribution is 2.12. The molecule has 0 N–H and O–H groups in total. The Labute approximate surface area is 102 Å². The molecule has 0 aromatic carbocycles. The molecule has 16 heavy (non-hydrogen) atoms. The van der Waals surface area contributed by atoms with E-state index in [-0.39, 0.29) is 0 Å². The lowest BCUT2D eigenvalue weighted by atomic mass is 10.0. The summed E-state index contributed by atoms with van der Waals surface area (Å²) in [5, 5.41) is 0. The van der Waals surface area contributed by atoms with E-state index < -0.39 is 0 Å². The number of rotatable bonds is 10. The van der Waals surface area contributed by atoms with Crippen LogP contribution < -0.4 is 0 Å². The topological polar surface area (TPSA) is 17.1 Å². The Morgan fingerprint density at radius 3 is 1.88 bits per heavy atom. The van der Waals surface area contributed by atoms with E-state index in [1.807, 2.05) is 0 Å². The van der Waals surface area contributed by atoms with E-state index in [1.165, 1.54) is 25.7 Å². The van der Waals surface area contributed by atoms with E-state index in [0.717, 1.165) is 31.6 Å². The van der Waals surface area contributed by atoms with Gasteiger partial charge in [-0.1, -0.05) is 53.4 Å². The molecule has 0 aromatic rings. The molecule has 0 aliphatic heterocycles. The molecular formula is C15H30O. The van der Waals surface area contributed by atoms with Crippen molar-refractivity contribution < 1.29 is 4.79 Å². The Bertz CT molecular complexity index is 170. The molecule has 1 heteroatoms. The van der Waals surface area contributed by atoms with E-state index in [2.05, 4.69) is 27.7 Å². The van der Waals surface area contributed by atoms with E-state index in [1.54, 1.807) is 0 Å². The van der Waals surface area contributed by atoms with Gasteiger partial charge < -0.3 is 0 Å². The predicted molar refractivity (Wildman–Crippen MR) is 71.6 cm³/mol. The molecule has 0 rings (SSSR count). The highest BCUT2D eigenvalue weighted by Gasteiger charge is 2.03. The van der Waals surface area contributed by atoms with Crippen molar-refractivity contribution in [2.75, 3.05) is 0 Å². The quantitative estimate of drug-likeness (QED) is 0.480. The summed E-state index contributed by atoms with van der Waals surface area (Å²) in [6.07, 6.45) is 8.98. The van der Waals surface area contributed by atoms with Crippen molar-refractivity contribution >= 4 is 5.78 Å². The Morgan fingerprint density at radius 2 is 1.31 bits per heavy atom. The van der Waals surface area contributed by atoms with E-state index in [9.17, 15) is 4.79 Å². The number of hydrogen-bond acceptors (Lipinski definition) is 1. The van der Waals surface area contributed by atoms with Gasteiger partial charge in [0, 0.05) is 12.8 Å². The molecular weight excluding hydrogens is 196 g/mol. The normalized spacial score (nSPS) is 11.4. The Hall–Kier alpha value is -0.330. The second-order valence-electron chi connectivity index (χ2n) is 5.82. The first-order valence-corrected chi connectivity index (χ1v) is 7.04. The van der Waals surface area contributed by atoms with Crippen molar-refractivity contribution in [2.24, 2.45) is 11.8 Å². The molecule has 0 heterocycles. The molecule has 1 nitrogen and oxygen atoms in total. The molecule has 0 saturated carbocycles. The Morgan fingerprint density at radius 1 is 0.750 bits per heavy atom. The average Bonchev–Trinajstić information content (AvgIpc) is 2.19. The summed E-state index contributed by atoms with van der Waals surface area (Å²) in [5.41, 5.74) is 0. The summed E-state index contributed by atoms with van der Waals surface area (Å²) in [5.74, 6) is 1.96. The summed E-state index contributed by atoms with van der Waals surface area (Å²) >= 11 is 0. The fourth-order valence-electron chi connectivity index (χ4n) is 1.80. The van der Waals surface area contributed by atoms with Crippen molar-refractivity contribution in [3.63, 3.8) is 0 Å². The number of ketones is 1. The van der Waals surface area contributed by atoms with Gasteiger partial charge in [-0.15, -0.1) is 0 Å². The second kappa shape index (κ2) is 9.86. The highest BCUT2D eigenvalue weighted by atomic mass is 16.1. The standard InChI is InChI=1S/C15H30O/c1-13(2)9-7-5-6-8-10-15(16)12-11-14(3)4/h13-14H,5-12H2,1-4H3. The monoisotopic (exact) mass is 226 g/mol. The first kappa shape index (κ1) is 15.7. The van der Waals surface area contributed by atoms with Gasteiger partial charge in [0.1, 0.15) is 5.78 Å². The van der Waals surface area contributed by atoms with Crippen LogP contribution in [-0.2, 0) is 4.79 Å². The smallest absolute Gasteiger partial charge is 0.132 e. The largest absolute Gasteiger partial charge is 0.300 e. The van der Waals surface area contributed by atoms with Crippen molar-refractivity contribution in [3.05, 3.63) is 0 Å². The number of Topliss-reactive ketones (excluding diaryl/α,β-unsaturated/α-hetero) is 1. The third kappa shape index (κ3) is 11.7. The molecule has 0 spiro atoms. The van der Waals surface area contributed by atoms with Gasteiger partial charge in [-0.2, -0.15) is 0 Å². The third-order valence-corrected chi connectivity index (χ3v) is 2.99. The molecule has 0 aromatic heterocycles. The van der Waals surface area contributed by atoms with Crippen LogP contribution in [0.1, 0.15) is 79.1 Å². The van der Waals surface area contributed by atoms with Gasteiger partial charge in [0.2, 0.25) is 0 Å². The van der Waals surface area contributed by atoms with E-state index >= 15 is 0 Å². The van der Waals surface area contributed by atoms with Crippen LogP contribution in [0.5, 0.6) is 0 Å². The molecule has 0 saturated heterocycles. The van der Waals surface area contributed by atoms with Crippen molar-refractivity contribution in [1.82, 2.24) is 0 Å². The molecule has 96 valence electrons. The molecule has 0 aliphatic rings. The Balaban J connectivity index is 3.21. The van der Waals surface area contributed by atoms with E-state index in [4.69, 9.17) is 0 Å². The minimum Gasteiger partial charge on any atom is -0.300 e. The summed E-state index contributed by atoms with van der Waals surface area (Å²) in [6.45, 7) is 8.91. The first-order chi connectivity index (χ1) is 7.52. The van der Waals surface area contributed by atoms with E-state index in [0.29, 0.717) is 11.7 Å². The van der Waals surface area contributed by atoms with Gasteiger partial charge in [-0.3, -0.25) is 4.79 Å². The zero-order valence-corrected chi connectivity index (χ0v) is 11.7. The zero-order chi connectivity index (χ0) is 12.4. The van der Waals surface area contributed by atoms with Crippen molar-refractivity contribution in [3.8, 4) is 0 Å². The molecule has 0 fully saturated rings. The average molecular weight is 226 g/mol. The maximum Gasteiger partial charge on any atom is 0.132 e. The fourth-order valence-corrected chi connectivity index (χ4v) is 1.80. The molecule has 0 amide bonds. The SMILES string of the molecule is CC(C)CCCCCCC(=O)CCC(C)C. The van der Waals surface area contributed by atoms with Gasteiger partial charge in [-0.25, -0.2) is 0 Å². The molecule has 0 bridgehead atoms. The maximum absolute atomic E-state index is 11.5. The predicted octanol–water partition coefficient (Wildman–Crippen LogP) is 4.99. The first-order valence-electron chi connectivity index (χ1n) is 7.04. The minimum absolute atomic E-state index is 0.470. The third-order valence-electron chi connectivity index (χ3n) is 2.99. The minimum atomic E-state index is 0.470. The van der Waals surface area contributed by atoms with Gasteiger partial charge in [0.15, 0.2) is 0 Å². The molecule has 0 radical (unpaired) electrons. The second-order valence-corrected chi connectivity index (χ2v) is 5.82. The lowest BCUT2D eigenvalue weighted by Crippen LogP contribution is -2.00. The summed E-state index contributed by atoms with van der Waals surface area (Å²) in [7, 11) is 0. The lowest BCUT2D eigenvalue weighted by molar-refractivity contribution is -0.119. The highest BCUT2D eigenvalue weighted by molar-refractivity contribution is 5.78. The molecule has 0 unspecified atom stereocenters. The van der Waals surface area contributed by atoms with Crippen molar-refractivity contribution in [1.29, 1.82) is 0 Å². The van der Waals surface area contributed by atoms with Crippen LogP contribution in [0.2, 0.25) is 0 Å². The summed E-state index contributed by atoms with van der Waals surface area (Å²) in [4.78, 5) is 11.5. The van der Waals surface area contributed by atoms with Crippen LogP contribution in [0.4, 0.5) is 0 Å². The Kier molecular flexibility index (Phi) is 9.66. The lowest BCUT2D eigenvalue weighted by Gasteiger charge is -2.05. The van der Waals surface area contributed by atoms with Gasteiger partial charge >= 0.3 is 0 Å². The number of hydrogen-bond donors (Lipinski definition) is 0. The van der Waals surface area contributed by atoms with Crippen molar-refractivity contribution in [2.45, 2.75) is 79.1 Å². The van der Waals surface area contributed by atoms with Crippen LogP contribution >= 0.6 is 0 Å². The number of unbranched alkanes of at least 4 members (excludes halogenated alkanes) is 3. The van der Waals surface area contributed by atoms with Gasteiger partial charge in [0.25, 0.3) is 0 Å². The van der Waals surface area contributed by atoms with Crippen LogP contribution in [0, 0.1) is 11.8 Å². The maximum atomic E-state index is 11.5. The fraction of sp³-hybridized carbons (Fsp3) is 0.933. The number of carbonyl (C=O) groups excluding carboxylic acids is 1. The summed E-state index contributed by atoms with van der Waals surface area (Å²) in [6, 6.07) is 0. The van der Waals surface area contributed by atoms with Crippen LogP contribution in [0.3, 0.4) is 0 Å². The van der Waals surface area contributed by atoms with Gasteiger partial charge in [0.05, 0.1) is 0 Å².